The van der Waals surface area contributed by atoms with Gasteiger partial charge in [0, 0.05) is 6.04 Å². The van der Waals surface area contributed by atoms with E-state index < -0.39 is 0 Å². The van der Waals surface area contributed by atoms with Crippen molar-refractivity contribution in [2.45, 2.75) is 66.3 Å². The van der Waals surface area contributed by atoms with E-state index in [4.69, 9.17) is 0 Å². The quantitative estimate of drug-likeness (QED) is 0.604. The van der Waals surface area contributed by atoms with Crippen LogP contribution in [0.1, 0.15) is 60.3 Å². The van der Waals surface area contributed by atoms with E-state index in [9.17, 15) is 0 Å². The van der Waals surface area contributed by atoms with Gasteiger partial charge in [-0.25, -0.2) is 0 Å². The Kier molecular flexibility index (Phi) is 7.74. The van der Waals surface area contributed by atoms with Crippen LogP contribution >= 0.6 is 0 Å². The molecule has 0 saturated carbocycles. The van der Waals surface area contributed by atoms with Crippen LogP contribution in [-0.4, -0.2) is 12.6 Å². The average Bonchev–Trinajstić information content (AvgIpc) is 2.20. The fraction of sp³-hybridized carbons (Fsp3) is 0.867. The lowest BCUT2D eigenvalue weighted by molar-refractivity contribution is 0.219. The summed E-state index contributed by atoms with van der Waals surface area (Å²) in [6.07, 6.45) is 6.87. The minimum atomic E-state index is 0.417. The second-order valence-electron chi connectivity index (χ2n) is 6.02. The van der Waals surface area contributed by atoms with E-state index in [1.54, 1.807) is 0 Å². The normalized spacial score (nSPS) is 15.8. The maximum atomic E-state index is 3.81. The Morgan fingerprint density at radius 1 is 1.31 bits per heavy atom. The largest absolute Gasteiger partial charge is 0.314 e. The molecule has 0 radical (unpaired) electrons. The third-order valence-corrected chi connectivity index (χ3v) is 3.52. The topological polar surface area (TPSA) is 12.0 Å². The molecule has 2 unspecified atom stereocenters. The first-order chi connectivity index (χ1) is 7.41. The van der Waals surface area contributed by atoms with Gasteiger partial charge in [0.15, 0.2) is 0 Å². The lowest BCUT2D eigenvalue weighted by atomic mass is 9.78. The van der Waals surface area contributed by atoms with Crippen molar-refractivity contribution in [1.82, 2.24) is 5.32 Å². The second-order valence-corrected chi connectivity index (χ2v) is 6.02. The summed E-state index contributed by atoms with van der Waals surface area (Å²) in [4.78, 5) is 0. The molecule has 0 amide bonds. The molecule has 0 aromatic rings. The lowest BCUT2D eigenvalue weighted by Gasteiger charge is -2.31. The lowest BCUT2D eigenvalue weighted by Crippen LogP contribution is -2.34. The molecule has 1 nitrogen and oxygen atoms in total. The number of nitrogens with one attached hydrogen (secondary N) is 1. The van der Waals surface area contributed by atoms with Crippen LogP contribution < -0.4 is 5.32 Å². The van der Waals surface area contributed by atoms with Gasteiger partial charge in [-0.05, 0) is 43.6 Å². The summed E-state index contributed by atoms with van der Waals surface area (Å²) >= 11 is 0. The predicted molar refractivity (Wildman–Crippen MR) is 74.7 cm³/mol. The zero-order valence-electron chi connectivity index (χ0n) is 12.0. The van der Waals surface area contributed by atoms with Crippen LogP contribution in [0, 0.1) is 11.3 Å². The van der Waals surface area contributed by atoms with Gasteiger partial charge in [0.1, 0.15) is 0 Å². The molecule has 0 bridgehead atoms. The van der Waals surface area contributed by atoms with Gasteiger partial charge in [-0.15, -0.1) is 6.58 Å². The van der Waals surface area contributed by atoms with Gasteiger partial charge in [-0.1, -0.05) is 40.7 Å². The summed E-state index contributed by atoms with van der Waals surface area (Å²) in [7, 11) is 0. The molecule has 1 N–H and O–H groups in total. The van der Waals surface area contributed by atoms with E-state index in [1.807, 2.05) is 6.08 Å². The van der Waals surface area contributed by atoms with Gasteiger partial charge in [0.05, 0.1) is 0 Å². The molecule has 16 heavy (non-hydrogen) atoms. The van der Waals surface area contributed by atoms with E-state index in [-0.39, 0.29) is 0 Å². The van der Waals surface area contributed by atoms with Crippen LogP contribution in [0.5, 0.6) is 0 Å². The molecule has 0 aromatic carbocycles. The molecule has 0 spiro atoms. The first-order valence-electron chi connectivity index (χ1n) is 6.76. The SMILES string of the molecule is C=CCCC(CC(C)C(C)(C)C)NCCC. The zero-order chi connectivity index (χ0) is 12.6. The highest BCUT2D eigenvalue weighted by atomic mass is 14.9. The summed E-state index contributed by atoms with van der Waals surface area (Å²) in [5, 5.41) is 3.66. The molecule has 0 aromatic heterocycles. The molecule has 0 aliphatic rings. The molecule has 1 heteroatoms. The highest BCUT2D eigenvalue weighted by molar-refractivity contribution is 4.79. The number of rotatable bonds is 8. The van der Waals surface area contributed by atoms with Crippen molar-refractivity contribution in [3.8, 4) is 0 Å². The van der Waals surface area contributed by atoms with Gasteiger partial charge < -0.3 is 5.32 Å². The second kappa shape index (κ2) is 7.89. The maximum absolute atomic E-state index is 3.81. The Labute approximate surface area is 103 Å². The molecule has 0 fully saturated rings. The number of allylic oxidation sites excluding steroid dienone is 1. The van der Waals surface area contributed by atoms with E-state index in [2.05, 4.69) is 46.5 Å². The van der Waals surface area contributed by atoms with E-state index in [0.29, 0.717) is 11.5 Å². The van der Waals surface area contributed by atoms with Crippen molar-refractivity contribution in [2.75, 3.05) is 6.54 Å². The predicted octanol–water partition coefficient (Wildman–Crippen LogP) is 4.39. The minimum Gasteiger partial charge on any atom is -0.314 e. The Hall–Kier alpha value is -0.300. The Morgan fingerprint density at radius 3 is 2.38 bits per heavy atom. The van der Waals surface area contributed by atoms with Gasteiger partial charge in [-0.3, -0.25) is 0 Å². The highest BCUT2D eigenvalue weighted by Crippen LogP contribution is 2.29. The van der Waals surface area contributed by atoms with Crippen molar-refractivity contribution < 1.29 is 0 Å². The van der Waals surface area contributed by atoms with Crippen LogP contribution in [-0.2, 0) is 0 Å². The van der Waals surface area contributed by atoms with Gasteiger partial charge >= 0.3 is 0 Å². The fourth-order valence-electron chi connectivity index (χ4n) is 1.75. The maximum Gasteiger partial charge on any atom is 0.00727 e. The van der Waals surface area contributed by atoms with Gasteiger partial charge in [-0.2, -0.15) is 0 Å². The van der Waals surface area contributed by atoms with Gasteiger partial charge in [0.2, 0.25) is 0 Å². The van der Waals surface area contributed by atoms with Crippen molar-refractivity contribution in [3.05, 3.63) is 12.7 Å². The summed E-state index contributed by atoms with van der Waals surface area (Å²) in [6.45, 7) is 16.6. The third-order valence-electron chi connectivity index (χ3n) is 3.52. The van der Waals surface area contributed by atoms with Gasteiger partial charge in [0.25, 0.3) is 0 Å². The molecular formula is C15H31N. The molecule has 0 rings (SSSR count). The number of hydrogen-bond donors (Lipinski definition) is 1. The Bertz CT molecular complexity index is 178. The summed E-state index contributed by atoms with van der Waals surface area (Å²) in [5.41, 5.74) is 0.417. The average molecular weight is 225 g/mol. The van der Waals surface area contributed by atoms with Crippen molar-refractivity contribution >= 4 is 0 Å². The molecule has 0 aliphatic heterocycles. The van der Waals surface area contributed by atoms with E-state index in [1.165, 1.54) is 19.3 Å². The van der Waals surface area contributed by atoms with Crippen molar-refractivity contribution in [2.24, 2.45) is 11.3 Å². The summed E-state index contributed by atoms with van der Waals surface area (Å²) in [6, 6.07) is 0.659. The number of hydrogen-bond acceptors (Lipinski definition) is 1. The molecule has 0 heterocycles. The summed E-state index contributed by atoms with van der Waals surface area (Å²) < 4.78 is 0. The standard InChI is InChI=1S/C15H31N/c1-7-9-10-14(16-11-8-2)12-13(3)15(4,5)6/h7,13-14,16H,1,8-12H2,2-6H3. The van der Waals surface area contributed by atoms with Crippen LogP contribution in [0.15, 0.2) is 12.7 Å². The smallest absolute Gasteiger partial charge is 0.00727 e. The van der Waals surface area contributed by atoms with Crippen molar-refractivity contribution in [3.63, 3.8) is 0 Å². The van der Waals surface area contributed by atoms with Crippen LogP contribution in [0.3, 0.4) is 0 Å². The molecule has 96 valence electrons. The van der Waals surface area contributed by atoms with Crippen LogP contribution in [0.25, 0.3) is 0 Å². The molecule has 2 atom stereocenters. The molecular weight excluding hydrogens is 194 g/mol. The highest BCUT2D eigenvalue weighted by Gasteiger charge is 2.22. The van der Waals surface area contributed by atoms with Crippen LogP contribution in [0.2, 0.25) is 0 Å². The molecule has 0 aliphatic carbocycles. The minimum absolute atomic E-state index is 0.417. The monoisotopic (exact) mass is 225 g/mol. The fourth-order valence-corrected chi connectivity index (χ4v) is 1.75. The van der Waals surface area contributed by atoms with Crippen molar-refractivity contribution in [1.29, 1.82) is 0 Å². The third kappa shape index (κ3) is 7.05. The Balaban J connectivity index is 4.12. The van der Waals surface area contributed by atoms with Crippen LogP contribution in [0.4, 0.5) is 0 Å². The summed E-state index contributed by atoms with van der Waals surface area (Å²) in [5.74, 6) is 0.756. The Morgan fingerprint density at radius 2 is 1.94 bits per heavy atom. The first kappa shape index (κ1) is 15.7. The van der Waals surface area contributed by atoms with E-state index >= 15 is 0 Å². The van der Waals surface area contributed by atoms with E-state index in [0.717, 1.165) is 18.9 Å². The zero-order valence-corrected chi connectivity index (χ0v) is 12.0. The first-order valence-corrected chi connectivity index (χ1v) is 6.76. The molecule has 0 saturated heterocycles.